The minimum absolute atomic E-state index is 0.600. The highest BCUT2D eigenvalue weighted by atomic mass is 15.1. The Labute approximate surface area is 85.8 Å². The van der Waals surface area contributed by atoms with Crippen molar-refractivity contribution in [1.29, 1.82) is 5.26 Å². The van der Waals surface area contributed by atoms with Crippen molar-refractivity contribution in [3.63, 3.8) is 0 Å². The van der Waals surface area contributed by atoms with Gasteiger partial charge in [0.1, 0.15) is 0 Å². The number of benzene rings is 1. The fourth-order valence-corrected chi connectivity index (χ4v) is 1.40. The van der Waals surface area contributed by atoms with Gasteiger partial charge in [-0.2, -0.15) is 5.26 Å². The molecule has 14 heavy (non-hydrogen) atoms. The first-order valence-electron chi connectivity index (χ1n) is 4.84. The topological polar surface area (TPSA) is 27.0 Å². The van der Waals surface area contributed by atoms with Crippen molar-refractivity contribution in [2.75, 3.05) is 13.6 Å². The largest absolute Gasteiger partial charge is 0.301 e. The number of hydrogen-bond donors (Lipinski definition) is 0. The molecule has 0 spiro atoms. The van der Waals surface area contributed by atoms with E-state index >= 15 is 0 Å². The Morgan fingerprint density at radius 1 is 1.36 bits per heavy atom. The fourth-order valence-electron chi connectivity index (χ4n) is 1.40. The third-order valence-electron chi connectivity index (χ3n) is 2.31. The molecule has 0 aliphatic rings. The summed E-state index contributed by atoms with van der Waals surface area (Å²) in [6.07, 6.45) is 0.600. The lowest BCUT2D eigenvalue weighted by Gasteiger charge is -2.16. The average Bonchev–Trinajstić information content (AvgIpc) is 2.18. The van der Waals surface area contributed by atoms with Crippen LogP contribution in [0.3, 0.4) is 0 Å². The highest BCUT2D eigenvalue weighted by molar-refractivity contribution is 5.25. The van der Waals surface area contributed by atoms with E-state index in [4.69, 9.17) is 5.26 Å². The second kappa shape index (κ2) is 5.41. The summed E-state index contributed by atoms with van der Waals surface area (Å²) in [6, 6.07) is 10.5. The number of nitrogens with zero attached hydrogens (tertiary/aromatic N) is 2. The van der Waals surface area contributed by atoms with Crippen LogP contribution in [-0.2, 0) is 6.54 Å². The monoisotopic (exact) mass is 188 g/mol. The zero-order valence-corrected chi connectivity index (χ0v) is 8.83. The third-order valence-corrected chi connectivity index (χ3v) is 2.31. The van der Waals surface area contributed by atoms with Gasteiger partial charge in [0.2, 0.25) is 0 Å². The zero-order valence-electron chi connectivity index (χ0n) is 8.83. The molecule has 0 fully saturated rings. The van der Waals surface area contributed by atoms with Crippen LogP contribution in [0.1, 0.15) is 17.5 Å². The van der Waals surface area contributed by atoms with Gasteiger partial charge in [-0.05, 0) is 25.1 Å². The lowest BCUT2D eigenvalue weighted by molar-refractivity contribution is 0.334. The molecular formula is C12H16N2. The normalized spacial score (nSPS) is 10.1. The number of hydrogen-bond acceptors (Lipinski definition) is 2. The number of nitriles is 1. The molecule has 0 saturated heterocycles. The summed E-state index contributed by atoms with van der Waals surface area (Å²) in [7, 11) is 2.05. The van der Waals surface area contributed by atoms with Crippen LogP contribution in [-0.4, -0.2) is 18.5 Å². The quantitative estimate of drug-likeness (QED) is 0.725. The first-order chi connectivity index (χ1) is 6.74. The smallest absolute Gasteiger partial charge is 0.0635 e. The predicted octanol–water partition coefficient (Wildman–Crippen LogP) is 2.34. The zero-order chi connectivity index (χ0) is 10.4. The van der Waals surface area contributed by atoms with Gasteiger partial charge < -0.3 is 4.90 Å². The van der Waals surface area contributed by atoms with Gasteiger partial charge in [-0.15, -0.1) is 0 Å². The lowest BCUT2D eigenvalue weighted by Crippen LogP contribution is -2.19. The maximum Gasteiger partial charge on any atom is 0.0635 e. The number of aryl methyl sites for hydroxylation is 1. The van der Waals surface area contributed by atoms with Crippen LogP contribution in [0.4, 0.5) is 0 Å². The first kappa shape index (κ1) is 10.7. The van der Waals surface area contributed by atoms with Gasteiger partial charge in [0.25, 0.3) is 0 Å². The molecule has 0 bridgehead atoms. The molecule has 0 radical (unpaired) electrons. The summed E-state index contributed by atoms with van der Waals surface area (Å²) in [5, 5.41) is 8.46. The van der Waals surface area contributed by atoms with Crippen LogP contribution in [0.25, 0.3) is 0 Å². The van der Waals surface area contributed by atoms with Gasteiger partial charge in [0, 0.05) is 19.5 Å². The van der Waals surface area contributed by atoms with E-state index in [1.165, 1.54) is 11.1 Å². The minimum atomic E-state index is 0.600. The van der Waals surface area contributed by atoms with Crippen molar-refractivity contribution in [3.05, 3.63) is 35.4 Å². The molecule has 0 aliphatic carbocycles. The van der Waals surface area contributed by atoms with Crippen LogP contribution >= 0.6 is 0 Å². The van der Waals surface area contributed by atoms with Crippen molar-refractivity contribution >= 4 is 0 Å². The minimum Gasteiger partial charge on any atom is -0.301 e. The molecule has 0 N–H and O–H groups in total. The summed E-state index contributed by atoms with van der Waals surface area (Å²) in [6.45, 7) is 3.88. The molecule has 1 rings (SSSR count). The molecule has 0 amide bonds. The van der Waals surface area contributed by atoms with Crippen molar-refractivity contribution < 1.29 is 0 Å². The van der Waals surface area contributed by atoms with Gasteiger partial charge in [-0.3, -0.25) is 0 Å². The Balaban J connectivity index is 2.52. The highest BCUT2D eigenvalue weighted by Crippen LogP contribution is 2.09. The molecule has 74 valence electrons. The van der Waals surface area contributed by atoms with Crippen LogP contribution in [0.15, 0.2) is 24.3 Å². The molecule has 2 nitrogen and oxygen atoms in total. The summed E-state index contributed by atoms with van der Waals surface area (Å²) in [4.78, 5) is 2.17. The van der Waals surface area contributed by atoms with E-state index in [1.54, 1.807) is 0 Å². The summed E-state index contributed by atoms with van der Waals surface area (Å²) in [5.41, 5.74) is 2.66. The van der Waals surface area contributed by atoms with Crippen molar-refractivity contribution in [1.82, 2.24) is 4.90 Å². The second-order valence-corrected chi connectivity index (χ2v) is 3.57. The van der Waals surface area contributed by atoms with Gasteiger partial charge in [-0.1, -0.05) is 24.3 Å². The Morgan fingerprint density at radius 2 is 2.07 bits per heavy atom. The van der Waals surface area contributed by atoms with E-state index in [2.05, 4.69) is 36.1 Å². The van der Waals surface area contributed by atoms with Gasteiger partial charge in [0.05, 0.1) is 6.07 Å². The molecule has 2 heteroatoms. The van der Waals surface area contributed by atoms with Gasteiger partial charge >= 0.3 is 0 Å². The van der Waals surface area contributed by atoms with E-state index in [0.717, 1.165) is 13.1 Å². The Bertz CT molecular complexity index is 325. The van der Waals surface area contributed by atoms with E-state index in [9.17, 15) is 0 Å². The summed E-state index contributed by atoms with van der Waals surface area (Å²) < 4.78 is 0. The highest BCUT2D eigenvalue weighted by Gasteiger charge is 2.01. The Kier molecular flexibility index (Phi) is 4.15. The van der Waals surface area contributed by atoms with Gasteiger partial charge in [0.15, 0.2) is 0 Å². The van der Waals surface area contributed by atoms with Gasteiger partial charge in [-0.25, -0.2) is 0 Å². The average molecular weight is 188 g/mol. The molecule has 0 atom stereocenters. The van der Waals surface area contributed by atoms with Crippen LogP contribution in [0, 0.1) is 18.3 Å². The van der Waals surface area contributed by atoms with Crippen molar-refractivity contribution in [3.8, 4) is 6.07 Å². The Morgan fingerprint density at radius 3 is 2.71 bits per heavy atom. The molecular weight excluding hydrogens is 172 g/mol. The van der Waals surface area contributed by atoms with Crippen LogP contribution in [0.5, 0.6) is 0 Å². The molecule has 1 aromatic carbocycles. The maximum atomic E-state index is 8.46. The van der Waals surface area contributed by atoms with E-state index < -0.39 is 0 Å². The predicted molar refractivity (Wildman–Crippen MR) is 57.7 cm³/mol. The summed E-state index contributed by atoms with van der Waals surface area (Å²) in [5.74, 6) is 0. The van der Waals surface area contributed by atoms with E-state index in [-0.39, 0.29) is 0 Å². The molecule has 0 unspecified atom stereocenters. The van der Waals surface area contributed by atoms with E-state index in [0.29, 0.717) is 6.42 Å². The fraction of sp³-hybridized carbons (Fsp3) is 0.417. The second-order valence-electron chi connectivity index (χ2n) is 3.57. The molecule has 0 aliphatic heterocycles. The van der Waals surface area contributed by atoms with Crippen molar-refractivity contribution in [2.45, 2.75) is 19.9 Å². The molecule has 0 aromatic heterocycles. The molecule has 0 heterocycles. The Hall–Kier alpha value is -1.33. The van der Waals surface area contributed by atoms with E-state index in [1.807, 2.05) is 13.1 Å². The molecule has 1 aromatic rings. The lowest BCUT2D eigenvalue weighted by atomic mass is 10.1. The maximum absolute atomic E-state index is 8.46. The SMILES string of the molecule is Cc1ccccc1CN(C)CCC#N. The number of rotatable bonds is 4. The van der Waals surface area contributed by atoms with Crippen molar-refractivity contribution in [2.24, 2.45) is 0 Å². The molecule has 0 saturated carbocycles. The summed E-state index contributed by atoms with van der Waals surface area (Å²) >= 11 is 0. The third kappa shape index (κ3) is 3.20. The first-order valence-corrected chi connectivity index (χ1v) is 4.84. The van der Waals surface area contributed by atoms with Crippen LogP contribution < -0.4 is 0 Å². The standard InChI is InChI=1S/C12H16N2/c1-11-6-3-4-7-12(11)10-14(2)9-5-8-13/h3-4,6-7H,5,9-10H2,1-2H3. The van der Waals surface area contributed by atoms with Crippen LogP contribution in [0.2, 0.25) is 0 Å².